The maximum absolute atomic E-state index is 13.4. The lowest BCUT2D eigenvalue weighted by Crippen LogP contribution is -2.54. The van der Waals surface area contributed by atoms with E-state index in [1.807, 2.05) is 30.0 Å². The highest BCUT2D eigenvalue weighted by atomic mass is 35.5. The zero-order valence-corrected chi connectivity index (χ0v) is 23.1. The number of rotatable bonds is 6. The molecule has 3 N–H and O–H groups in total. The van der Waals surface area contributed by atoms with E-state index >= 15 is 0 Å². The van der Waals surface area contributed by atoms with Gasteiger partial charge in [-0.25, -0.2) is 4.98 Å². The fourth-order valence-electron chi connectivity index (χ4n) is 5.19. The Hall–Kier alpha value is -3.11. The van der Waals surface area contributed by atoms with Crippen LogP contribution in [0.4, 0.5) is 28.8 Å². The van der Waals surface area contributed by atoms with E-state index in [2.05, 4.69) is 39.3 Å². The summed E-state index contributed by atoms with van der Waals surface area (Å²) >= 11 is 12.8. The summed E-state index contributed by atoms with van der Waals surface area (Å²) in [6.07, 6.45) is 1.53. The minimum atomic E-state index is -0.266. The number of carbonyl (C=O) groups excluding carboxylic acids is 1. The van der Waals surface area contributed by atoms with Gasteiger partial charge in [0.25, 0.3) is 5.91 Å². The van der Waals surface area contributed by atoms with Crippen molar-refractivity contribution in [2.24, 2.45) is 0 Å². The number of fused-ring (bicyclic) bond motifs is 1. The van der Waals surface area contributed by atoms with Crippen molar-refractivity contribution in [3.8, 4) is 0 Å². The number of hydrogen-bond donors (Lipinski definition) is 3. The predicted molar refractivity (Wildman–Crippen MR) is 153 cm³/mol. The maximum atomic E-state index is 13.4. The number of nitrogens with zero attached hydrogens (tertiary/aromatic N) is 5. The number of aliphatic hydroxyl groups excluding tert-OH is 1. The van der Waals surface area contributed by atoms with Crippen molar-refractivity contribution >= 4 is 57.9 Å². The highest BCUT2D eigenvalue weighted by molar-refractivity contribution is 6.40. The molecular formula is C27H31Cl2N7O2. The minimum absolute atomic E-state index is 0.0822. The van der Waals surface area contributed by atoms with E-state index in [0.29, 0.717) is 51.7 Å². The van der Waals surface area contributed by atoms with Crippen molar-refractivity contribution in [3.05, 3.63) is 63.8 Å². The molecule has 11 heteroatoms. The number of hydrogen-bond acceptors (Lipinski definition) is 8. The van der Waals surface area contributed by atoms with Crippen LogP contribution in [0.5, 0.6) is 0 Å². The Kier molecular flexibility index (Phi) is 7.63. The second-order valence-corrected chi connectivity index (χ2v) is 10.5. The molecule has 2 aliphatic heterocycles. The molecule has 9 nitrogen and oxygen atoms in total. The summed E-state index contributed by atoms with van der Waals surface area (Å²) in [7, 11) is 0. The molecule has 1 saturated heterocycles. The van der Waals surface area contributed by atoms with Crippen LogP contribution in [-0.2, 0) is 6.61 Å². The number of aromatic nitrogens is 2. The standard InChI is InChI=1S/C27H31Cl2N7O2/c1-4-34-15-36(24-21(28)6-5-7-22(24)29)26(38)20-11-30-27(33-25(20)34)32-19-8-9-23(18(10-19)14-37)35-12-16(2)31-17(3)13-35/h5-11,16-17,31,37H,4,12-15H2,1-3H3,(H,30,32,33). The Labute approximate surface area is 232 Å². The van der Waals surface area contributed by atoms with Gasteiger partial charge in [-0.1, -0.05) is 29.3 Å². The van der Waals surface area contributed by atoms with Gasteiger partial charge in [0, 0.05) is 54.9 Å². The number of amides is 1. The van der Waals surface area contributed by atoms with Crippen LogP contribution >= 0.6 is 23.2 Å². The van der Waals surface area contributed by atoms with Gasteiger partial charge in [0.05, 0.1) is 29.0 Å². The third-order valence-electron chi connectivity index (χ3n) is 6.85. The first kappa shape index (κ1) is 26.5. The lowest BCUT2D eigenvalue weighted by Gasteiger charge is -2.38. The van der Waals surface area contributed by atoms with Crippen molar-refractivity contribution in [2.45, 2.75) is 39.5 Å². The van der Waals surface area contributed by atoms with E-state index in [4.69, 9.17) is 23.2 Å². The second-order valence-electron chi connectivity index (χ2n) is 9.73. The summed E-state index contributed by atoms with van der Waals surface area (Å²) < 4.78 is 0. The smallest absolute Gasteiger partial charge is 0.265 e. The average Bonchev–Trinajstić information content (AvgIpc) is 2.89. The summed E-state index contributed by atoms with van der Waals surface area (Å²) in [5.74, 6) is 0.634. The molecule has 0 radical (unpaired) electrons. The predicted octanol–water partition coefficient (Wildman–Crippen LogP) is 4.65. The molecule has 2 aliphatic rings. The van der Waals surface area contributed by atoms with E-state index in [0.717, 1.165) is 30.0 Å². The molecule has 200 valence electrons. The number of halogens is 2. The maximum Gasteiger partial charge on any atom is 0.265 e. The van der Waals surface area contributed by atoms with E-state index < -0.39 is 0 Å². The van der Waals surface area contributed by atoms with Gasteiger partial charge in [0.15, 0.2) is 0 Å². The van der Waals surface area contributed by atoms with Crippen LogP contribution < -0.4 is 25.3 Å². The molecule has 5 rings (SSSR count). The molecule has 1 amide bonds. The number of anilines is 5. The molecular weight excluding hydrogens is 525 g/mol. The first-order valence-corrected chi connectivity index (χ1v) is 13.4. The van der Waals surface area contributed by atoms with Crippen LogP contribution in [0.15, 0.2) is 42.6 Å². The summed E-state index contributed by atoms with van der Waals surface area (Å²) in [5.41, 5.74) is 3.44. The molecule has 2 aromatic carbocycles. The molecule has 0 aliphatic carbocycles. The summed E-state index contributed by atoms with van der Waals surface area (Å²) in [5, 5.41) is 17.7. The fourth-order valence-corrected chi connectivity index (χ4v) is 5.79. The van der Waals surface area contributed by atoms with Gasteiger partial charge < -0.3 is 25.5 Å². The van der Waals surface area contributed by atoms with Crippen LogP contribution in [0, 0.1) is 0 Å². The molecule has 3 heterocycles. The minimum Gasteiger partial charge on any atom is -0.392 e. The molecule has 2 atom stereocenters. The fraction of sp³-hybridized carbons (Fsp3) is 0.370. The lowest BCUT2D eigenvalue weighted by atomic mass is 10.1. The van der Waals surface area contributed by atoms with E-state index in [1.54, 1.807) is 23.1 Å². The first-order chi connectivity index (χ1) is 18.3. The number of carbonyl (C=O) groups is 1. The molecule has 3 aromatic rings. The largest absolute Gasteiger partial charge is 0.392 e. The summed E-state index contributed by atoms with van der Waals surface area (Å²) in [4.78, 5) is 28.3. The number of piperazine rings is 1. The van der Waals surface area contributed by atoms with Crippen molar-refractivity contribution in [1.82, 2.24) is 15.3 Å². The Balaban J connectivity index is 1.41. The Morgan fingerprint density at radius 2 is 1.84 bits per heavy atom. The average molecular weight is 556 g/mol. The van der Waals surface area contributed by atoms with Gasteiger partial charge in [-0.15, -0.1) is 0 Å². The molecule has 38 heavy (non-hydrogen) atoms. The zero-order chi connectivity index (χ0) is 27.0. The Bertz CT molecular complexity index is 1320. The molecule has 1 fully saturated rings. The third-order valence-corrected chi connectivity index (χ3v) is 7.46. The molecule has 2 unspecified atom stereocenters. The van der Waals surface area contributed by atoms with Crippen molar-refractivity contribution in [1.29, 1.82) is 0 Å². The molecule has 0 saturated carbocycles. The second kappa shape index (κ2) is 10.9. The topological polar surface area (TPSA) is 96.9 Å². The van der Waals surface area contributed by atoms with Crippen LogP contribution in [0.2, 0.25) is 10.0 Å². The summed E-state index contributed by atoms with van der Waals surface area (Å²) in [6.45, 7) is 8.85. The summed E-state index contributed by atoms with van der Waals surface area (Å²) in [6, 6.07) is 11.8. The number of aliphatic hydroxyl groups is 1. The number of benzene rings is 2. The lowest BCUT2D eigenvalue weighted by molar-refractivity contribution is 0.0981. The highest BCUT2D eigenvalue weighted by Crippen LogP contribution is 2.38. The van der Waals surface area contributed by atoms with Crippen LogP contribution in [0.3, 0.4) is 0 Å². The van der Waals surface area contributed by atoms with Gasteiger partial charge in [0.2, 0.25) is 5.95 Å². The highest BCUT2D eigenvalue weighted by Gasteiger charge is 2.33. The number of nitrogens with one attached hydrogen (secondary N) is 2. The quantitative estimate of drug-likeness (QED) is 0.404. The van der Waals surface area contributed by atoms with Crippen molar-refractivity contribution in [2.75, 3.05) is 46.3 Å². The molecule has 1 aromatic heterocycles. The molecule has 0 bridgehead atoms. The SMILES string of the molecule is CCN1CN(c2c(Cl)cccc2Cl)C(=O)c2cnc(Nc3ccc(N4CC(C)NC(C)C4)c(CO)c3)nc21. The first-order valence-electron chi connectivity index (χ1n) is 12.7. The van der Waals surface area contributed by atoms with Crippen LogP contribution in [-0.4, -0.2) is 59.4 Å². The van der Waals surface area contributed by atoms with Gasteiger partial charge in [-0.05, 0) is 51.1 Å². The van der Waals surface area contributed by atoms with Crippen LogP contribution in [0.1, 0.15) is 36.7 Å². The van der Waals surface area contributed by atoms with Gasteiger partial charge in [-0.2, -0.15) is 4.98 Å². The number of para-hydroxylation sites is 1. The van der Waals surface area contributed by atoms with Gasteiger partial charge in [-0.3, -0.25) is 9.69 Å². The zero-order valence-electron chi connectivity index (χ0n) is 21.6. The van der Waals surface area contributed by atoms with Crippen molar-refractivity contribution in [3.63, 3.8) is 0 Å². The van der Waals surface area contributed by atoms with E-state index in [1.165, 1.54) is 6.20 Å². The normalized spacial score (nSPS) is 19.5. The monoisotopic (exact) mass is 555 g/mol. The Morgan fingerprint density at radius 3 is 2.50 bits per heavy atom. The van der Waals surface area contributed by atoms with Gasteiger partial charge in [0.1, 0.15) is 11.4 Å². The third kappa shape index (κ3) is 5.11. The van der Waals surface area contributed by atoms with Crippen LogP contribution in [0.25, 0.3) is 0 Å². The molecule has 0 spiro atoms. The van der Waals surface area contributed by atoms with E-state index in [-0.39, 0.29) is 19.2 Å². The van der Waals surface area contributed by atoms with Crippen molar-refractivity contribution < 1.29 is 9.90 Å². The van der Waals surface area contributed by atoms with E-state index in [9.17, 15) is 9.90 Å². The Morgan fingerprint density at radius 1 is 1.13 bits per heavy atom. The van der Waals surface area contributed by atoms with Gasteiger partial charge >= 0.3 is 0 Å².